The van der Waals surface area contributed by atoms with E-state index in [1.165, 1.54) is 45.9 Å². The number of rotatable bonds is 41. The number of imide groups is 5. The number of piperidine rings is 5. The van der Waals surface area contributed by atoms with E-state index < -0.39 is 65.4 Å². The fraction of sp³-hybridized carbons (Fsp3) is 0.439. The average Bonchev–Trinajstić information content (AvgIpc) is 1.76. The van der Waals surface area contributed by atoms with E-state index >= 15 is 0 Å². The molecular formula is C107H131BrN16O26. The number of nitrogens with two attached hydrogens (primary N) is 2. The molecule has 150 heavy (non-hydrogen) atoms. The summed E-state index contributed by atoms with van der Waals surface area (Å²) in [5, 5.41) is 27.8. The first kappa shape index (κ1) is 119. The van der Waals surface area contributed by atoms with E-state index in [-0.39, 0.29) is 223 Å². The number of Topliss-reactive ketones (excluding diaryl/α,β-unsaturated/α-hetero) is 2. The summed E-state index contributed by atoms with van der Waals surface area (Å²) in [6.07, 6.45) is 12.1. The molecule has 0 aromatic heterocycles. The van der Waals surface area contributed by atoms with Gasteiger partial charge in [0, 0.05) is 185 Å². The highest BCUT2D eigenvalue weighted by Gasteiger charge is 2.47. The van der Waals surface area contributed by atoms with Gasteiger partial charge in [0.05, 0.1) is 52.9 Å². The lowest BCUT2D eigenvalue weighted by atomic mass is 9.82. The lowest BCUT2D eigenvalue weighted by molar-refractivity contribution is -0.138. The quantitative estimate of drug-likeness (QED) is 0.0152. The van der Waals surface area contributed by atoms with Gasteiger partial charge < -0.3 is 77.0 Å². The number of nitrogens with zero attached hydrogens (tertiary/aromatic N) is 3. The van der Waals surface area contributed by atoms with Crippen molar-refractivity contribution in [3.8, 4) is 0 Å². The molecule has 15 rings (SSSR count). The molecule has 0 bridgehead atoms. The van der Waals surface area contributed by atoms with Crippen molar-refractivity contribution >= 4 is 152 Å². The van der Waals surface area contributed by atoms with Gasteiger partial charge in [0.25, 0.3) is 17.7 Å². The van der Waals surface area contributed by atoms with E-state index in [1.54, 1.807) is 66.7 Å². The first-order valence-electron chi connectivity index (χ1n) is 50.0. The van der Waals surface area contributed by atoms with Crippen molar-refractivity contribution in [1.29, 1.82) is 0 Å². The van der Waals surface area contributed by atoms with E-state index in [1.807, 2.05) is 44.2 Å². The standard InChI is InChI=1S/C37H41N5O9.C37H39N5O9.C13H11BrN2O3.C10H16N2O3.C4H12N2O.C4H6O.C2H6/c2*43-30(11-7-21-3-1-5-23-26(21)19-27(34(23)47)24-9-13-32(45)40-35(24)48)38-15-17-51-18-16-39-31(44)12-8-22-4-2-6-25-28(22)20-42(37(25)50)29-10-14-33(46)41-36(29)49;14-9-3-1-2-7-8(9)6-16(13(7)19)10-4-5-11(17)15-12(10)18;1-3-9(13)11-5-7-15-8-6-12-10(14)4-2;5-1-3-7-4-2-6;1-3-4(2)5;1-2/h1-6,24,27,29H,7-20H2,(H,38,43)(H,39,44)(H,40,45,48)(H,41,46,49);1-7,11,24,27,29H,8-10,12-20H2,(H,38,43)(H,39,44)(H,40,45,48)(H,41,46,49);1-3,10H,4-6H2,(H,15,17,18);3-4H,1-2,5-8H2,(H,11,13)(H,12,14);1-6H2;3H,1H2,2H3;1-2H3/b;11-7+;;;;;. The average molecular weight is 2140 g/mol. The van der Waals surface area contributed by atoms with E-state index in [9.17, 15) is 105 Å². The molecule has 42 nitrogen and oxygen atoms in total. The van der Waals surface area contributed by atoms with Crippen molar-refractivity contribution in [3.05, 3.63) is 217 Å². The van der Waals surface area contributed by atoms with Crippen LogP contribution in [0.5, 0.6) is 0 Å². The summed E-state index contributed by atoms with van der Waals surface area (Å²) >= 11 is 3.42. The van der Waals surface area contributed by atoms with Crippen LogP contribution in [0.3, 0.4) is 0 Å². The molecule has 5 fully saturated rings. The van der Waals surface area contributed by atoms with Crippen LogP contribution in [0.2, 0.25) is 0 Å². The van der Waals surface area contributed by atoms with Gasteiger partial charge in [-0.3, -0.25) is 132 Å². The van der Waals surface area contributed by atoms with Crippen molar-refractivity contribution in [2.45, 2.75) is 174 Å². The molecule has 10 aliphatic rings. The molecule has 5 saturated heterocycles. The largest absolute Gasteiger partial charge is 0.379 e. The minimum Gasteiger partial charge on any atom is -0.379 e. The van der Waals surface area contributed by atoms with Gasteiger partial charge in [-0.05, 0) is 170 Å². The molecule has 0 radical (unpaired) electrons. The summed E-state index contributed by atoms with van der Waals surface area (Å²) in [5.74, 6) is -7.98. The lowest BCUT2D eigenvalue weighted by Gasteiger charge is -2.29. The maximum Gasteiger partial charge on any atom is 0.255 e. The Morgan fingerprint density at radius 1 is 0.367 bits per heavy atom. The maximum atomic E-state index is 13.1. The molecule has 19 amide bonds. The van der Waals surface area contributed by atoms with Crippen LogP contribution < -0.4 is 70.0 Å². The van der Waals surface area contributed by atoms with E-state index in [2.05, 4.69) is 94.2 Å². The predicted octanol–water partition coefficient (Wildman–Crippen LogP) is 2.95. The van der Waals surface area contributed by atoms with Gasteiger partial charge >= 0.3 is 0 Å². The molecule has 7 unspecified atom stereocenters. The van der Waals surface area contributed by atoms with Gasteiger partial charge in [0.1, 0.15) is 18.1 Å². The second kappa shape index (κ2) is 60.6. The van der Waals surface area contributed by atoms with Crippen LogP contribution in [0, 0.1) is 23.7 Å². The van der Waals surface area contributed by atoms with E-state index in [0.717, 1.165) is 54.5 Å². The molecule has 802 valence electrons. The van der Waals surface area contributed by atoms with Crippen LogP contribution in [0.1, 0.15) is 206 Å². The van der Waals surface area contributed by atoms with Crippen molar-refractivity contribution < 1.29 is 124 Å². The minimum absolute atomic E-state index is 0.0185. The van der Waals surface area contributed by atoms with Crippen molar-refractivity contribution in [2.75, 3.05) is 105 Å². The highest BCUT2D eigenvalue weighted by atomic mass is 79.9. The smallest absolute Gasteiger partial charge is 0.255 e. The van der Waals surface area contributed by atoms with Gasteiger partial charge in [0.2, 0.25) is 94.5 Å². The molecule has 2 aliphatic carbocycles. The number of carbonyl (C=O) groups is 22. The van der Waals surface area contributed by atoms with Gasteiger partial charge in [-0.1, -0.05) is 116 Å². The number of nitrogens with one attached hydrogen (secondary N) is 11. The third kappa shape index (κ3) is 34.4. The Balaban J connectivity index is 0.000000233. The van der Waals surface area contributed by atoms with Crippen molar-refractivity contribution in [2.24, 2.45) is 35.1 Å². The Bertz CT molecular complexity index is 5780. The molecule has 15 N–H and O–H groups in total. The second-order valence-corrected chi connectivity index (χ2v) is 36.5. The Hall–Kier alpha value is -14.8. The van der Waals surface area contributed by atoms with Crippen LogP contribution in [0.4, 0.5) is 0 Å². The highest BCUT2D eigenvalue weighted by Crippen LogP contribution is 2.41. The zero-order chi connectivity index (χ0) is 109. The molecule has 43 heteroatoms. The first-order valence-corrected chi connectivity index (χ1v) is 50.8. The Kier molecular flexibility index (Phi) is 48.0. The number of benzene rings is 5. The van der Waals surface area contributed by atoms with Crippen molar-refractivity contribution in [1.82, 2.24) is 73.2 Å². The summed E-state index contributed by atoms with van der Waals surface area (Å²) in [6.45, 7) is 22.4. The minimum atomic E-state index is -0.699. The van der Waals surface area contributed by atoms with Crippen LogP contribution in [0.25, 0.3) is 6.08 Å². The van der Waals surface area contributed by atoms with Crippen molar-refractivity contribution in [3.63, 3.8) is 0 Å². The molecule has 5 aromatic rings. The second-order valence-electron chi connectivity index (χ2n) is 35.6. The number of carbonyl (C=O) groups excluding carboxylic acids is 22. The molecule has 0 saturated carbocycles. The SMILES string of the molecule is C=CC(=O)NCCOCCNC(=O)C=C.C=CC(C)=O.CC.NCCOCCN.O=C(/C=C/c1cccc2c1CC(C1CCC(=O)NC1=O)C2=O)NCCOCCNC(=O)CCc1cccc2c1CN(C1CCC(=O)NC1=O)C2=O.O=C(CCc1cccc2c1CC(C1CCC(=O)NC1=O)C2=O)NCCOCCNC(=O)CCc1cccc2c1CN(C1CCC(=O)NC1=O)C2=O.O=C1CCC(N2Cc3c(Br)cccc3C2=O)C(=O)N1. The third-order valence-corrected chi connectivity index (χ3v) is 26.5. The van der Waals surface area contributed by atoms with E-state index in [4.69, 9.17) is 30.4 Å². The van der Waals surface area contributed by atoms with E-state index in [0.29, 0.717) is 151 Å². The maximum absolute atomic E-state index is 13.1. The topological polar surface area (TPSA) is 607 Å². The zero-order valence-electron chi connectivity index (χ0n) is 84.4. The molecule has 8 aliphatic heterocycles. The summed E-state index contributed by atoms with van der Waals surface area (Å²) in [5.41, 5.74) is 20.4. The van der Waals surface area contributed by atoms with Gasteiger partial charge in [-0.2, -0.15) is 0 Å². The molecule has 8 heterocycles. The number of halogens is 1. The normalized spacial score (nSPS) is 19.0. The summed E-state index contributed by atoms with van der Waals surface area (Å²) < 4.78 is 22.0. The fourth-order valence-corrected chi connectivity index (χ4v) is 18.7. The third-order valence-electron chi connectivity index (χ3n) is 25.8. The number of amides is 19. The fourth-order valence-electron chi connectivity index (χ4n) is 18.2. The summed E-state index contributed by atoms with van der Waals surface area (Å²) in [4.78, 5) is 269. The van der Waals surface area contributed by atoms with Gasteiger partial charge in [0.15, 0.2) is 17.3 Å². The molecule has 7 atom stereocenters. The molecular weight excluding hydrogens is 2010 g/mol. The number of allylic oxidation sites excluding steroid dienone is 1. The van der Waals surface area contributed by atoms with Gasteiger partial charge in [-0.25, -0.2) is 0 Å². The number of aryl methyl sites for hydroxylation is 3. The Morgan fingerprint density at radius 3 is 1.01 bits per heavy atom. The first-order chi connectivity index (χ1) is 72.2. The zero-order valence-corrected chi connectivity index (χ0v) is 85.9. The number of fused-ring (bicyclic) bond motifs is 5. The Morgan fingerprint density at radius 2 is 0.667 bits per heavy atom. The summed E-state index contributed by atoms with van der Waals surface area (Å²) in [6, 6.07) is 24.9. The monoisotopic (exact) mass is 2130 g/mol. The van der Waals surface area contributed by atoms with Crippen LogP contribution in [-0.2, 0) is 152 Å². The number of hydrogen-bond donors (Lipinski definition) is 13. The highest BCUT2D eigenvalue weighted by molar-refractivity contribution is 9.10. The van der Waals surface area contributed by atoms with Crippen LogP contribution in [-0.4, -0.2) is 268 Å². The predicted molar refractivity (Wildman–Crippen MR) is 549 cm³/mol. The number of hydrogen-bond acceptors (Lipinski definition) is 28. The van der Waals surface area contributed by atoms with Gasteiger partial charge in [-0.15, -0.1) is 0 Å². The van der Waals surface area contributed by atoms with Crippen LogP contribution >= 0.6 is 15.9 Å². The molecule has 5 aromatic carbocycles. The lowest BCUT2D eigenvalue weighted by Crippen LogP contribution is -2.52. The number of ketones is 3. The number of ether oxygens (including phenoxy) is 4. The summed E-state index contributed by atoms with van der Waals surface area (Å²) in [7, 11) is 0. The Labute approximate surface area is 876 Å². The molecule has 0 spiro atoms. The van der Waals surface area contributed by atoms with Crippen LogP contribution in [0.15, 0.2) is 140 Å².